The van der Waals surface area contributed by atoms with Crippen molar-refractivity contribution in [1.82, 2.24) is 4.90 Å². The molecule has 0 bridgehead atoms. The van der Waals surface area contributed by atoms with E-state index in [1.165, 1.54) is 12.8 Å². The minimum atomic E-state index is 0.656. The molecule has 2 rings (SSSR count). The number of halogens is 1. The first-order valence-corrected chi connectivity index (χ1v) is 5.72. The largest absolute Gasteiger partial charge is 0.378 e. The monoisotopic (exact) mass is 245 g/mol. The summed E-state index contributed by atoms with van der Waals surface area (Å²) in [6, 6.07) is 0.656. The van der Waals surface area contributed by atoms with Gasteiger partial charge in [-0.1, -0.05) is 22.5 Å². The van der Waals surface area contributed by atoms with E-state index in [-0.39, 0.29) is 0 Å². The molecule has 0 N–H and O–H groups in total. The molecular formula is C10H16BrNO. The second-order valence-corrected chi connectivity index (χ2v) is 5.09. The summed E-state index contributed by atoms with van der Waals surface area (Å²) in [7, 11) is 0. The van der Waals surface area contributed by atoms with Crippen molar-refractivity contribution < 1.29 is 4.74 Å². The summed E-state index contributed by atoms with van der Waals surface area (Å²) in [4.78, 5) is 2.50. The van der Waals surface area contributed by atoms with Crippen LogP contribution in [-0.2, 0) is 4.74 Å². The minimum Gasteiger partial charge on any atom is -0.378 e. The van der Waals surface area contributed by atoms with Crippen LogP contribution in [0.5, 0.6) is 0 Å². The highest BCUT2D eigenvalue weighted by molar-refractivity contribution is 9.11. The summed E-state index contributed by atoms with van der Waals surface area (Å²) in [5, 5.41) is 0. The van der Waals surface area contributed by atoms with Crippen molar-refractivity contribution in [3.05, 3.63) is 11.1 Å². The Hall–Kier alpha value is 0.140. The maximum Gasteiger partial charge on any atom is 0.0625 e. The van der Waals surface area contributed by atoms with Crippen molar-refractivity contribution in [2.24, 2.45) is 5.92 Å². The third kappa shape index (κ3) is 2.55. The zero-order valence-electron chi connectivity index (χ0n) is 7.84. The predicted octanol–water partition coefficient (Wildman–Crippen LogP) is 2.01. The fraction of sp³-hybridized carbons (Fsp3) is 0.800. The molecular weight excluding hydrogens is 230 g/mol. The van der Waals surface area contributed by atoms with Crippen LogP contribution < -0.4 is 0 Å². The predicted molar refractivity (Wildman–Crippen MR) is 57.0 cm³/mol. The Kier molecular flexibility index (Phi) is 3.06. The van der Waals surface area contributed by atoms with Gasteiger partial charge in [-0.2, -0.15) is 0 Å². The lowest BCUT2D eigenvalue weighted by Gasteiger charge is -2.35. The maximum atomic E-state index is 5.51. The van der Waals surface area contributed by atoms with Crippen molar-refractivity contribution >= 4 is 15.9 Å². The third-order valence-electron chi connectivity index (χ3n) is 2.82. The minimum absolute atomic E-state index is 0.656. The van der Waals surface area contributed by atoms with E-state index in [9.17, 15) is 0 Å². The van der Waals surface area contributed by atoms with Gasteiger partial charge in [0, 0.05) is 23.6 Å². The van der Waals surface area contributed by atoms with Gasteiger partial charge < -0.3 is 4.74 Å². The van der Waals surface area contributed by atoms with E-state index >= 15 is 0 Å². The van der Waals surface area contributed by atoms with Crippen molar-refractivity contribution in [3.8, 4) is 0 Å². The number of ether oxygens (including phenoxy) is 1. The highest BCUT2D eigenvalue weighted by Crippen LogP contribution is 2.36. The first-order chi connectivity index (χ1) is 6.27. The van der Waals surface area contributed by atoms with Crippen LogP contribution in [0.1, 0.15) is 12.8 Å². The van der Waals surface area contributed by atoms with Crippen molar-refractivity contribution in [2.45, 2.75) is 18.9 Å². The normalized spacial score (nSPS) is 30.4. The quantitative estimate of drug-likeness (QED) is 0.755. The van der Waals surface area contributed by atoms with E-state index in [2.05, 4.69) is 27.4 Å². The Morgan fingerprint density at radius 1 is 1.54 bits per heavy atom. The number of rotatable bonds is 3. The van der Waals surface area contributed by atoms with Crippen LogP contribution in [0.25, 0.3) is 0 Å². The van der Waals surface area contributed by atoms with Crippen molar-refractivity contribution in [2.75, 3.05) is 26.3 Å². The molecule has 0 spiro atoms. The molecule has 0 aromatic rings. The van der Waals surface area contributed by atoms with Gasteiger partial charge in [-0.25, -0.2) is 0 Å². The Bertz CT molecular complexity index is 203. The molecule has 3 heteroatoms. The molecule has 13 heavy (non-hydrogen) atoms. The average molecular weight is 246 g/mol. The number of hydrogen-bond donors (Lipinski definition) is 0. The number of hydrogen-bond acceptors (Lipinski definition) is 2. The molecule has 1 aliphatic carbocycles. The van der Waals surface area contributed by atoms with Crippen LogP contribution in [0.2, 0.25) is 0 Å². The lowest BCUT2D eigenvalue weighted by Crippen LogP contribution is -2.47. The highest BCUT2D eigenvalue weighted by atomic mass is 79.9. The molecule has 0 radical (unpaired) electrons. The number of nitrogens with zero attached hydrogens (tertiary/aromatic N) is 1. The zero-order valence-corrected chi connectivity index (χ0v) is 9.42. The van der Waals surface area contributed by atoms with Crippen molar-refractivity contribution in [1.29, 1.82) is 0 Å². The van der Waals surface area contributed by atoms with Gasteiger partial charge in [0.05, 0.1) is 13.2 Å². The molecule has 2 aliphatic rings. The van der Waals surface area contributed by atoms with Gasteiger partial charge >= 0.3 is 0 Å². The Morgan fingerprint density at radius 3 is 2.92 bits per heavy atom. The van der Waals surface area contributed by atoms with Crippen LogP contribution in [0.4, 0.5) is 0 Å². The van der Waals surface area contributed by atoms with E-state index in [0.717, 1.165) is 36.7 Å². The molecule has 1 saturated heterocycles. The molecule has 2 nitrogen and oxygen atoms in total. The van der Waals surface area contributed by atoms with Gasteiger partial charge in [0.1, 0.15) is 0 Å². The first kappa shape index (κ1) is 9.69. The van der Waals surface area contributed by atoms with Gasteiger partial charge in [-0.15, -0.1) is 0 Å². The smallest absolute Gasteiger partial charge is 0.0625 e. The maximum absolute atomic E-state index is 5.51. The second kappa shape index (κ2) is 4.11. The first-order valence-electron chi connectivity index (χ1n) is 4.92. The summed E-state index contributed by atoms with van der Waals surface area (Å²) in [6.45, 7) is 7.74. The summed E-state index contributed by atoms with van der Waals surface area (Å²) in [5.74, 6) is 0.896. The molecule has 0 amide bonds. The molecule has 1 heterocycles. The standard InChI is InChI=1S/C10H16BrNO/c1-8(11)6-12-4-5-13-7-10(12)9-2-3-9/h9-10H,1-7H2. The molecule has 0 aromatic heterocycles. The van der Waals surface area contributed by atoms with Gasteiger partial charge in [0.2, 0.25) is 0 Å². The molecule has 1 saturated carbocycles. The molecule has 2 fully saturated rings. The van der Waals surface area contributed by atoms with Gasteiger partial charge in [0.25, 0.3) is 0 Å². The Balaban J connectivity index is 1.91. The topological polar surface area (TPSA) is 12.5 Å². The molecule has 1 atom stereocenters. The highest BCUT2D eigenvalue weighted by Gasteiger charge is 2.36. The Labute approximate surface area is 88.1 Å². The fourth-order valence-electron chi connectivity index (χ4n) is 1.99. The molecule has 0 aromatic carbocycles. The van der Waals surface area contributed by atoms with E-state index in [1.54, 1.807) is 0 Å². The Morgan fingerprint density at radius 2 is 2.31 bits per heavy atom. The molecule has 1 aliphatic heterocycles. The van der Waals surface area contributed by atoms with Crippen LogP contribution in [-0.4, -0.2) is 37.2 Å². The van der Waals surface area contributed by atoms with Gasteiger partial charge in [0.15, 0.2) is 0 Å². The summed E-state index contributed by atoms with van der Waals surface area (Å²) < 4.78 is 6.59. The molecule has 74 valence electrons. The average Bonchev–Trinajstić information content (AvgIpc) is 2.87. The van der Waals surface area contributed by atoms with Gasteiger partial charge in [-0.05, 0) is 18.8 Å². The third-order valence-corrected chi connectivity index (χ3v) is 3.07. The SMILES string of the molecule is C=C(Br)CN1CCOCC1C1CC1. The lowest BCUT2D eigenvalue weighted by molar-refractivity contribution is -0.0101. The second-order valence-electron chi connectivity index (χ2n) is 3.97. The van der Waals surface area contributed by atoms with E-state index in [4.69, 9.17) is 4.74 Å². The van der Waals surface area contributed by atoms with Crippen LogP contribution in [0, 0.1) is 5.92 Å². The summed E-state index contributed by atoms with van der Waals surface area (Å²) in [6.07, 6.45) is 2.78. The van der Waals surface area contributed by atoms with Crippen molar-refractivity contribution in [3.63, 3.8) is 0 Å². The zero-order chi connectivity index (χ0) is 9.26. The van der Waals surface area contributed by atoms with Crippen LogP contribution in [0.3, 0.4) is 0 Å². The summed E-state index contributed by atoms with van der Waals surface area (Å²) in [5.41, 5.74) is 0. The summed E-state index contributed by atoms with van der Waals surface area (Å²) >= 11 is 3.43. The van der Waals surface area contributed by atoms with E-state index in [0.29, 0.717) is 6.04 Å². The molecule has 1 unspecified atom stereocenters. The van der Waals surface area contributed by atoms with E-state index in [1.807, 2.05) is 0 Å². The van der Waals surface area contributed by atoms with E-state index < -0.39 is 0 Å². The van der Waals surface area contributed by atoms with Gasteiger partial charge in [-0.3, -0.25) is 4.90 Å². The number of morpholine rings is 1. The van der Waals surface area contributed by atoms with Crippen LogP contribution in [0.15, 0.2) is 11.1 Å². The van der Waals surface area contributed by atoms with Crippen LogP contribution >= 0.6 is 15.9 Å². The lowest BCUT2D eigenvalue weighted by atomic mass is 10.1. The fourth-order valence-corrected chi connectivity index (χ4v) is 2.31.